The van der Waals surface area contributed by atoms with Crippen molar-refractivity contribution in [2.24, 2.45) is 0 Å². The average Bonchev–Trinajstić information content (AvgIpc) is 2.82. The van der Waals surface area contributed by atoms with Crippen LogP contribution in [0.4, 0.5) is 5.69 Å². The van der Waals surface area contributed by atoms with Crippen LogP contribution in [0.15, 0.2) is 36.9 Å². The van der Waals surface area contributed by atoms with Gasteiger partial charge in [0.05, 0.1) is 27.8 Å². The molecule has 0 amide bonds. The summed E-state index contributed by atoms with van der Waals surface area (Å²) >= 11 is 0. The molecular formula is C18H17N3O. The Morgan fingerprint density at radius 1 is 1.32 bits per heavy atom. The fourth-order valence-electron chi connectivity index (χ4n) is 3.48. The van der Waals surface area contributed by atoms with E-state index in [1.165, 1.54) is 0 Å². The number of Topliss-reactive ketones (excluding diaryl/α,β-unsaturated/α-hetero) is 1. The van der Waals surface area contributed by atoms with Crippen LogP contribution in [0.1, 0.15) is 28.9 Å². The van der Waals surface area contributed by atoms with E-state index < -0.39 is 0 Å². The number of pyridine rings is 1. The summed E-state index contributed by atoms with van der Waals surface area (Å²) in [5.74, 6) is 0.119. The third-order valence-electron chi connectivity index (χ3n) is 4.42. The van der Waals surface area contributed by atoms with Gasteiger partial charge in [-0.05, 0) is 18.9 Å². The van der Waals surface area contributed by atoms with Crippen molar-refractivity contribution in [3.63, 3.8) is 0 Å². The quantitative estimate of drug-likeness (QED) is 0.735. The minimum Gasteiger partial charge on any atom is -0.397 e. The largest absolute Gasteiger partial charge is 0.397 e. The molecule has 0 spiro atoms. The van der Waals surface area contributed by atoms with Gasteiger partial charge in [-0.1, -0.05) is 24.3 Å². The average molecular weight is 291 g/mol. The smallest absolute Gasteiger partial charge is 0.166 e. The second kappa shape index (κ2) is 4.70. The van der Waals surface area contributed by atoms with Gasteiger partial charge in [0.15, 0.2) is 5.78 Å². The Kier molecular flexibility index (Phi) is 2.79. The molecule has 2 heterocycles. The Labute approximate surface area is 128 Å². The Bertz CT molecular complexity index is 937. The summed E-state index contributed by atoms with van der Waals surface area (Å²) in [7, 11) is 0. The lowest BCUT2D eigenvalue weighted by atomic mass is 9.92. The van der Waals surface area contributed by atoms with E-state index in [2.05, 4.69) is 17.2 Å². The van der Waals surface area contributed by atoms with Crippen molar-refractivity contribution in [2.75, 3.05) is 5.73 Å². The van der Waals surface area contributed by atoms with E-state index in [-0.39, 0.29) is 5.78 Å². The van der Waals surface area contributed by atoms with Crippen molar-refractivity contribution in [3.05, 3.63) is 48.2 Å². The summed E-state index contributed by atoms with van der Waals surface area (Å²) in [6.45, 7) is 4.51. The summed E-state index contributed by atoms with van der Waals surface area (Å²) in [4.78, 5) is 17.1. The fraction of sp³-hybridized carbons (Fsp3) is 0.222. The first-order chi connectivity index (χ1) is 10.7. The molecule has 0 radical (unpaired) electrons. The monoisotopic (exact) mass is 291 g/mol. The van der Waals surface area contributed by atoms with Crippen LogP contribution in [-0.2, 0) is 13.0 Å². The van der Waals surface area contributed by atoms with Gasteiger partial charge in [-0.2, -0.15) is 0 Å². The molecule has 0 saturated heterocycles. The maximum atomic E-state index is 12.3. The third-order valence-corrected chi connectivity index (χ3v) is 4.42. The van der Waals surface area contributed by atoms with Crippen molar-refractivity contribution in [3.8, 4) is 0 Å². The number of rotatable bonds is 2. The summed E-state index contributed by atoms with van der Waals surface area (Å²) < 4.78 is 2.12. The number of hydrogen-bond acceptors (Lipinski definition) is 3. The summed E-state index contributed by atoms with van der Waals surface area (Å²) in [5.41, 5.74) is 10.4. The van der Waals surface area contributed by atoms with Crippen LogP contribution in [-0.4, -0.2) is 15.3 Å². The molecule has 0 saturated carbocycles. The maximum Gasteiger partial charge on any atom is 0.166 e. The molecule has 2 N–H and O–H groups in total. The van der Waals surface area contributed by atoms with Crippen LogP contribution in [0.25, 0.3) is 21.9 Å². The number of nitrogens with two attached hydrogens (primary N) is 1. The molecule has 1 aliphatic rings. The number of aromatic nitrogens is 2. The zero-order chi connectivity index (χ0) is 15.3. The van der Waals surface area contributed by atoms with Crippen LogP contribution in [0.3, 0.4) is 0 Å². The summed E-state index contributed by atoms with van der Waals surface area (Å²) in [6.07, 6.45) is 4.09. The van der Waals surface area contributed by atoms with Crippen molar-refractivity contribution in [1.29, 1.82) is 0 Å². The number of para-hydroxylation sites is 1. The lowest BCUT2D eigenvalue weighted by Crippen LogP contribution is -2.16. The number of carbonyl (C=O) groups is 1. The van der Waals surface area contributed by atoms with Crippen LogP contribution in [0.2, 0.25) is 0 Å². The van der Waals surface area contributed by atoms with Gasteiger partial charge in [0, 0.05) is 18.4 Å². The molecule has 0 unspecified atom stereocenters. The van der Waals surface area contributed by atoms with Crippen LogP contribution < -0.4 is 5.73 Å². The van der Waals surface area contributed by atoms with Crippen LogP contribution in [0, 0.1) is 0 Å². The number of allylic oxidation sites excluding steroid dienone is 1. The second-order valence-corrected chi connectivity index (χ2v) is 5.74. The highest BCUT2D eigenvalue weighted by molar-refractivity contribution is 6.17. The molecule has 4 nitrogen and oxygen atoms in total. The van der Waals surface area contributed by atoms with Crippen molar-refractivity contribution < 1.29 is 4.79 Å². The second-order valence-electron chi connectivity index (χ2n) is 5.74. The summed E-state index contributed by atoms with van der Waals surface area (Å²) in [5, 5.41) is 1.94. The van der Waals surface area contributed by atoms with Gasteiger partial charge < -0.3 is 10.3 Å². The first kappa shape index (κ1) is 13.1. The summed E-state index contributed by atoms with van der Waals surface area (Å²) in [6, 6.07) is 8.08. The molecule has 0 aliphatic heterocycles. The zero-order valence-electron chi connectivity index (χ0n) is 12.3. The Hall–Kier alpha value is -2.62. The molecule has 0 bridgehead atoms. The third kappa shape index (κ3) is 1.64. The SMILES string of the molecule is C=CCn1c2ccccc2c2c(N)c3c(nc21)CCCC3=O. The molecule has 0 atom stereocenters. The van der Waals surface area contributed by atoms with Crippen molar-refractivity contribution in [1.82, 2.24) is 9.55 Å². The minimum atomic E-state index is 0.119. The Morgan fingerprint density at radius 3 is 2.95 bits per heavy atom. The van der Waals surface area contributed by atoms with Crippen molar-refractivity contribution in [2.45, 2.75) is 25.8 Å². The van der Waals surface area contributed by atoms with Crippen LogP contribution in [0.5, 0.6) is 0 Å². The Balaban J connectivity index is 2.21. The van der Waals surface area contributed by atoms with Crippen molar-refractivity contribution >= 4 is 33.4 Å². The molecule has 0 fully saturated rings. The number of anilines is 1. The highest BCUT2D eigenvalue weighted by Gasteiger charge is 2.25. The lowest BCUT2D eigenvalue weighted by Gasteiger charge is -2.17. The number of carbonyl (C=O) groups excluding carboxylic acids is 1. The molecule has 22 heavy (non-hydrogen) atoms. The number of fused-ring (bicyclic) bond motifs is 4. The fourth-order valence-corrected chi connectivity index (χ4v) is 3.48. The number of benzene rings is 1. The number of ketones is 1. The number of aryl methyl sites for hydroxylation is 1. The molecular weight excluding hydrogens is 274 g/mol. The molecule has 110 valence electrons. The lowest BCUT2D eigenvalue weighted by molar-refractivity contribution is 0.0973. The normalized spacial score (nSPS) is 14.5. The maximum absolute atomic E-state index is 12.3. The van der Waals surface area contributed by atoms with Gasteiger partial charge in [0.1, 0.15) is 5.65 Å². The number of hydrogen-bond donors (Lipinski definition) is 1. The number of nitrogen functional groups attached to an aromatic ring is 1. The van der Waals surface area contributed by atoms with E-state index in [1.807, 2.05) is 24.3 Å². The van der Waals surface area contributed by atoms with Gasteiger partial charge in [0.25, 0.3) is 0 Å². The van der Waals surface area contributed by atoms with Gasteiger partial charge in [-0.15, -0.1) is 6.58 Å². The predicted octanol–water partition coefficient (Wildman–Crippen LogP) is 3.48. The number of nitrogens with zero attached hydrogens (tertiary/aromatic N) is 2. The first-order valence-electron chi connectivity index (χ1n) is 7.55. The molecule has 1 aromatic carbocycles. The van der Waals surface area contributed by atoms with E-state index in [9.17, 15) is 4.79 Å². The molecule has 4 heteroatoms. The van der Waals surface area contributed by atoms with Gasteiger partial charge in [0.2, 0.25) is 0 Å². The highest BCUT2D eigenvalue weighted by atomic mass is 16.1. The minimum absolute atomic E-state index is 0.119. The Morgan fingerprint density at radius 2 is 2.14 bits per heavy atom. The predicted molar refractivity (Wildman–Crippen MR) is 89.1 cm³/mol. The first-order valence-corrected chi connectivity index (χ1v) is 7.55. The molecule has 4 rings (SSSR count). The van der Waals surface area contributed by atoms with Crippen LogP contribution >= 0.6 is 0 Å². The topological polar surface area (TPSA) is 60.9 Å². The molecule has 2 aromatic heterocycles. The van der Waals surface area contributed by atoms with Gasteiger partial charge in [-0.25, -0.2) is 4.98 Å². The molecule has 3 aromatic rings. The van der Waals surface area contributed by atoms with E-state index in [4.69, 9.17) is 10.7 Å². The highest BCUT2D eigenvalue weighted by Crippen LogP contribution is 2.37. The van der Waals surface area contributed by atoms with E-state index in [1.54, 1.807) is 0 Å². The van der Waals surface area contributed by atoms with E-state index >= 15 is 0 Å². The van der Waals surface area contributed by atoms with Gasteiger partial charge >= 0.3 is 0 Å². The molecule has 1 aliphatic carbocycles. The van der Waals surface area contributed by atoms with Gasteiger partial charge in [-0.3, -0.25) is 4.79 Å². The standard InChI is InChI=1S/C18H17N3O/c1-2-10-21-13-8-4-3-6-11(13)15-17(19)16-12(20-18(15)21)7-5-9-14(16)22/h2-4,6,8H,1,5,7,9-10H2,(H2,19,20). The zero-order valence-corrected chi connectivity index (χ0v) is 12.3. The van der Waals surface area contributed by atoms with E-state index in [0.29, 0.717) is 24.2 Å². The van der Waals surface area contributed by atoms with E-state index in [0.717, 1.165) is 40.5 Å².